The van der Waals surface area contributed by atoms with E-state index < -0.39 is 10.9 Å². The van der Waals surface area contributed by atoms with Crippen LogP contribution >= 0.6 is 11.6 Å². The minimum absolute atomic E-state index is 0.0120. The van der Waals surface area contributed by atoms with E-state index in [1.165, 1.54) is 24.3 Å². The number of benzene rings is 2. The third-order valence-corrected chi connectivity index (χ3v) is 3.15. The molecule has 0 aliphatic heterocycles. The van der Waals surface area contributed by atoms with Gasteiger partial charge in [0.05, 0.1) is 10.5 Å². The fourth-order valence-electron chi connectivity index (χ4n) is 1.80. The second kappa shape index (κ2) is 6.19. The Balaban J connectivity index is 2.56. The van der Waals surface area contributed by atoms with E-state index >= 15 is 0 Å². The van der Waals surface area contributed by atoms with Gasteiger partial charge in [0, 0.05) is 22.7 Å². The molecule has 0 fully saturated rings. The van der Waals surface area contributed by atoms with E-state index in [2.05, 4.69) is 0 Å². The second-order valence-electron chi connectivity index (χ2n) is 4.19. The molecule has 0 saturated heterocycles. The molecule has 2 aromatic rings. The minimum Gasteiger partial charge on any atom is -0.478 e. The molecule has 0 aromatic heterocycles. The summed E-state index contributed by atoms with van der Waals surface area (Å²) in [6.45, 7) is 0. The van der Waals surface area contributed by atoms with E-state index in [9.17, 15) is 20.0 Å². The summed E-state index contributed by atoms with van der Waals surface area (Å²) in [5.41, 5.74) is 0.640. The van der Waals surface area contributed by atoms with Crippen molar-refractivity contribution in [3.63, 3.8) is 0 Å². The van der Waals surface area contributed by atoms with Crippen LogP contribution in [0, 0.1) is 10.1 Å². The van der Waals surface area contributed by atoms with Gasteiger partial charge < -0.3 is 5.11 Å². The van der Waals surface area contributed by atoms with Gasteiger partial charge >= 0.3 is 5.97 Å². The quantitative estimate of drug-likeness (QED) is 0.402. The van der Waals surface area contributed by atoms with Crippen molar-refractivity contribution in [2.75, 3.05) is 0 Å². The predicted octanol–water partition coefficient (Wildman–Crippen LogP) is 3.87. The van der Waals surface area contributed by atoms with Crippen molar-refractivity contribution in [2.45, 2.75) is 0 Å². The van der Waals surface area contributed by atoms with Crippen LogP contribution < -0.4 is 0 Å². The average Bonchev–Trinajstić information content (AvgIpc) is 2.46. The van der Waals surface area contributed by atoms with Gasteiger partial charge in [0.15, 0.2) is 0 Å². The molecule has 0 atom stereocenters. The van der Waals surface area contributed by atoms with Crippen molar-refractivity contribution in [2.24, 2.45) is 0 Å². The van der Waals surface area contributed by atoms with Gasteiger partial charge in [-0.1, -0.05) is 41.9 Å². The number of non-ortho nitro benzene ring substituents is 1. The molecule has 0 aliphatic carbocycles. The number of carboxylic acids is 1. The molecule has 5 nitrogen and oxygen atoms in total. The Morgan fingerprint density at radius 2 is 1.86 bits per heavy atom. The number of halogens is 1. The Morgan fingerprint density at radius 1 is 1.19 bits per heavy atom. The smallest absolute Gasteiger partial charge is 0.336 e. The van der Waals surface area contributed by atoms with Crippen LogP contribution in [-0.4, -0.2) is 16.0 Å². The van der Waals surface area contributed by atoms with Gasteiger partial charge in [0.2, 0.25) is 0 Å². The number of nitro groups is 1. The zero-order valence-electron chi connectivity index (χ0n) is 10.7. The van der Waals surface area contributed by atoms with Crippen LogP contribution in [0.3, 0.4) is 0 Å². The van der Waals surface area contributed by atoms with Crippen LogP contribution in [0.25, 0.3) is 11.6 Å². The summed E-state index contributed by atoms with van der Waals surface area (Å²) in [7, 11) is 0. The van der Waals surface area contributed by atoms with Crippen molar-refractivity contribution in [3.8, 4) is 0 Å². The molecule has 0 spiro atoms. The molecule has 106 valence electrons. The molecule has 0 saturated carbocycles. The van der Waals surface area contributed by atoms with Crippen LogP contribution in [0.2, 0.25) is 5.02 Å². The number of aliphatic carboxylic acids is 1. The highest BCUT2D eigenvalue weighted by atomic mass is 35.5. The first-order valence-corrected chi connectivity index (χ1v) is 6.31. The maximum absolute atomic E-state index is 11.4. The molecule has 0 bridgehead atoms. The fourth-order valence-corrected chi connectivity index (χ4v) is 1.97. The predicted molar refractivity (Wildman–Crippen MR) is 80.1 cm³/mol. The van der Waals surface area contributed by atoms with Gasteiger partial charge in [-0.15, -0.1) is 0 Å². The van der Waals surface area contributed by atoms with Crippen molar-refractivity contribution < 1.29 is 14.8 Å². The summed E-state index contributed by atoms with van der Waals surface area (Å²) in [6.07, 6.45) is 1.33. The van der Waals surface area contributed by atoms with E-state index in [4.69, 9.17) is 11.6 Å². The van der Waals surface area contributed by atoms with Crippen LogP contribution in [0.1, 0.15) is 11.1 Å². The normalized spacial score (nSPS) is 11.2. The molecule has 2 rings (SSSR count). The van der Waals surface area contributed by atoms with Crippen molar-refractivity contribution in [1.82, 2.24) is 0 Å². The Bertz CT molecular complexity index is 726. The first kappa shape index (κ1) is 14.7. The lowest BCUT2D eigenvalue weighted by atomic mass is 10.0. The molecular formula is C15H10ClNO4. The van der Waals surface area contributed by atoms with Crippen molar-refractivity contribution >= 4 is 34.9 Å². The molecule has 0 radical (unpaired) electrons. The third kappa shape index (κ3) is 3.46. The number of carbonyl (C=O) groups is 1. The monoisotopic (exact) mass is 303 g/mol. The summed E-state index contributed by atoms with van der Waals surface area (Å²) in [6, 6.07) is 12.4. The Morgan fingerprint density at radius 3 is 2.43 bits per heavy atom. The maximum Gasteiger partial charge on any atom is 0.336 e. The summed E-state index contributed by atoms with van der Waals surface area (Å²) >= 11 is 5.98. The van der Waals surface area contributed by atoms with Gasteiger partial charge in [0.1, 0.15) is 0 Å². The van der Waals surface area contributed by atoms with E-state index in [1.807, 2.05) is 0 Å². The van der Waals surface area contributed by atoms with Gasteiger partial charge in [-0.2, -0.15) is 0 Å². The number of hydrogen-bond acceptors (Lipinski definition) is 3. The Hall–Kier alpha value is -2.66. The van der Waals surface area contributed by atoms with E-state index in [0.717, 1.165) is 0 Å². The number of rotatable bonds is 4. The van der Waals surface area contributed by atoms with Crippen LogP contribution in [0.5, 0.6) is 0 Å². The average molecular weight is 304 g/mol. The third-order valence-electron chi connectivity index (χ3n) is 2.81. The van der Waals surface area contributed by atoms with E-state index in [-0.39, 0.29) is 21.8 Å². The Kier molecular flexibility index (Phi) is 4.35. The molecule has 2 aromatic carbocycles. The summed E-state index contributed by atoms with van der Waals surface area (Å²) in [5, 5.41) is 20.3. The molecule has 0 amide bonds. The highest BCUT2D eigenvalue weighted by molar-refractivity contribution is 6.33. The summed E-state index contributed by atoms with van der Waals surface area (Å²) in [5.74, 6) is -1.14. The molecule has 6 heteroatoms. The molecule has 21 heavy (non-hydrogen) atoms. The zero-order chi connectivity index (χ0) is 15.4. The number of carboxylic acid groups (broad SMARTS) is 1. The lowest BCUT2D eigenvalue weighted by molar-refractivity contribution is -0.384. The van der Waals surface area contributed by atoms with Gasteiger partial charge in [0.25, 0.3) is 5.69 Å². The number of hydrogen-bond donors (Lipinski definition) is 1. The van der Waals surface area contributed by atoms with Crippen LogP contribution in [0.4, 0.5) is 5.69 Å². The second-order valence-corrected chi connectivity index (χ2v) is 4.60. The number of nitro benzene ring substituents is 1. The summed E-state index contributed by atoms with van der Waals surface area (Å²) < 4.78 is 0. The van der Waals surface area contributed by atoms with Crippen LogP contribution in [-0.2, 0) is 4.79 Å². The first-order valence-electron chi connectivity index (χ1n) is 5.93. The fraction of sp³-hybridized carbons (Fsp3) is 0. The highest BCUT2D eigenvalue weighted by Crippen LogP contribution is 2.27. The lowest BCUT2D eigenvalue weighted by Gasteiger charge is -2.04. The van der Waals surface area contributed by atoms with Gasteiger partial charge in [-0.25, -0.2) is 4.79 Å². The maximum atomic E-state index is 11.4. The molecule has 0 heterocycles. The minimum atomic E-state index is -1.14. The van der Waals surface area contributed by atoms with Gasteiger partial charge in [-0.3, -0.25) is 10.1 Å². The lowest BCUT2D eigenvalue weighted by Crippen LogP contribution is -1.99. The number of nitrogens with zero attached hydrogens (tertiary/aromatic N) is 1. The summed E-state index contributed by atoms with van der Waals surface area (Å²) in [4.78, 5) is 21.6. The SMILES string of the molecule is O=C(O)/C(=C\c1cc([N+](=O)[O-])ccc1Cl)c1ccccc1. The van der Waals surface area contributed by atoms with Crippen molar-refractivity contribution in [3.05, 3.63) is 74.8 Å². The standard InChI is InChI=1S/C15H10ClNO4/c16-14-7-6-12(17(20)21)8-11(14)9-13(15(18)19)10-4-2-1-3-5-10/h1-9H,(H,18,19)/b13-9-. The van der Waals surface area contributed by atoms with Crippen molar-refractivity contribution in [1.29, 1.82) is 0 Å². The topological polar surface area (TPSA) is 80.4 Å². The van der Waals surface area contributed by atoms with E-state index in [0.29, 0.717) is 5.56 Å². The van der Waals surface area contributed by atoms with Gasteiger partial charge in [-0.05, 0) is 17.7 Å². The Labute approximate surface area is 125 Å². The zero-order valence-corrected chi connectivity index (χ0v) is 11.4. The highest BCUT2D eigenvalue weighted by Gasteiger charge is 2.13. The molecular weight excluding hydrogens is 294 g/mol. The largest absolute Gasteiger partial charge is 0.478 e. The first-order chi connectivity index (χ1) is 9.99. The van der Waals surface area contributed by atoms with E-state index in [1.54, 1.807) is 30.3 Å². The van der Waals surface area contributed by atoms with Crippen LogP contribution in [0.15, 0.2) is 48.5 Å². The molecule has 0 aliphatic rings. The molecule has 0 unspecified atom stereocenters. The molecule has 1 N–H and O–H groups in total.